The van der Waals surface area contributed by atoms with Crippen molar-refractivity contribution in [3.8, 4) is 0 Å². The minimum absolute atomic E-state index is 0. The first kappa shape index (κ1) is 22.0. The number of hydrogen-bond donors (Lipinski definition) is 2. The van der Waals surface area contributed by atoms with Crippen LogP contribution in [0, 0.1) is 5.92 Å². The maximum absolute atomic E-state index is 12.5. The molecule has 1 fully saturated rings. The molecule has 1 aliphatic heterocycles. The van der Waals surface area contributed by atoms with Crippen LogP contribution >= 0.6 is 35.6 Å². The number of halogens is 3. The molecule has 140 valence electrons. The number of amides is 2. The number of nitrogens with zero attached hydrogens (tertiary/aromatic N) is 1. The molecule has 2 amide bonds. The van der Waals surface area contributed by atoms with Gasteiger partial charge in [0.2, 0.25) is 5.91 Å². The van der Waals surface area contributed by atoms with E-state index in [9.17, 15) is 9.59 Å². The summed E-state index contributed by atoms with van der Waals surface area (Å²) in [6, 6.07) is 4.25. The van der Waals surface area contributed by atoms with Gasteiger partial charge >= 0.3 is 0 Å². The molecule has 1 aromatic carbocycles. The first-order chi connectivity index (χ1) is 11.4. The number of carbonyl (C=O) groups is 2. The number of hydrogen-bond acceptors (Lipinski definition) is 3. The van der Waals surface area contributed by atoms with Gasteiger partial charge in [0, 0.05) is 13.1 Å². The third-order valence-electron chi connectivity index (χ3n) is 4.33. The monoisotopic (exact) mass is 407 g/mol. The Morgan fingerprint density at radius 2 is 1.92 bits per heavy atom. The quantitative estimate of drug-likeness (QED) is 0.787. The highest BCUT2D eigenvalue weighted by molar-refractivity contribution is 6.43. The number of benzene rings is 1. The fourth-order valence-electron chi connectivity index (χ4n) is 2.94. The van der Waals surface area contributed by atoms with Gasteiger partial charge < -0.3 is 15.5 Å². The Hall–Kier alpha value is -1.01. The van der Waals surface area contributed by atoms with Gasteiger partial charge in [-0.1, -0.05) is 29.3 Å². The van der Waals surface area contributed by atoms with Crippen molar-refractivity contribution in [3.05, 3.63) is 33.8 Å². The van der Waals surface area contributed by atoms with Crippen molar-refractivity contribution < 1.29 is 9.59 Å². The molecule has 1 unspecified atom stereocenters. The maximum Gasteiger partial charge on any atom is 0.253 e. The molecule has 0 bridgehead atoms. The Morgan fingerprint density at radius 3 is 2.52 bits per heavy atom. The number of likely N-dealkylation sites (tertiary alicyclic amines) is 1. The van der Waals surface area contributed by atoms with Crippen molar-refractivity contribution >= 4 is 47.4 Å². The molecule has 0 aliphatic carbocycles. The molecule has 1 saturated heterocycles. The van der Waals surface area contributed by atoms with E-state index in [0.29, 0.717) is 10.9 Å². The van der Waals surface area contributed by atoms with E-state index in [4.69, 9.17) is 23.2 Å². The zero-order valence-corrected chi connectivity index (χ0v) is 16.7. The van der Waals surface area contributed by atoms with Crippen molar-refractivity contribution in [3.63, 3.8) is 0 Å². The Labute approximate surface area is 164 Å². The first-order valence-corrected chi connectivity index (χ1v) is 8.88. The average molecular weight is 409 g/mol. The summed E-state index contributed by atoms with van der Waals surface area (Å²) < 4.78 is 0. The van der Waals surface area contributed by atoms with E-state index in [0.717, 1.165) is 32.5 Å². The van der Waals surface area contributed by atoms with E-state index in [2.05, 4.69) is 10.6 Å². The summed E-state index contributed by atoms with van der Waals surface area (Å²) in [4.78, 5) is 26.7. The van der Waals surface area contributed by atoms with Crippen LogP contribution in [0.4, 0.5) is 0 Å². The second-order valence-electron chi connectivity index (χ2n) is 6.12. The molecular formula is C17H24Cl3N3O2. The minimum Gasteiger partial charge on any atom is -0.341 e. The van der Waals surface area contributed by atoms with Gasteiger partial charge in [-0.25, -0.2) is 0 Å². The third-order valence-corrected chi connectivity index (χ3v) is 5.15. The van der Waals surface area contributed by atoms with Crippen molar-refractivity contribution in [2.75, 3.05) is 26.7 Å². The van der Waals surface area contributed by atoms with Gasteiger partial charge in [-0.15, -0.1) is 12.4 Å². The summed E-state index contributed by atoms with van der Waals surface area (Å²) in [6.07, 6.45) is 1.96. The van der Waals surface area contributed by atoms with Crippen molar-refractivity contribution in [1.82, 2.24) is 15.5 Å². The molecule has 2 rings (SSSR count). The lowest BCUT2D eigenvalue weighted by atomic mass is 9.96. The molecule has 0 spiro atoms. The van der Waals surface area contributed by atoms with Crippen LogP contribution in [0.15, 0.2) is 18.2 Å². The second kappa shape index (κ2) is 10.2. The molecule has 25 heavy (non-hydrogen) atoms. The Kier molecular flexibility index (Phi) is 9.00. The summed E-state index contributed by atoms with van der Waals surface area (Å²) in [5, 5.41) is 6.40. The van der Waals surface area contributed by atoms with Gasteiger partial charge in [0.15, 0.2) is 0 Å². The Balaban J connectivity index is 0.00000312. The van der Waals surface area contributed by atoms with Gasteiger partial charge in [-0.05, 0) is 51.4 Å². The largest absolute Gasteiger partial charge is 0.341 e. The van der Waals surface area contributed by atoms with Crippen LogP contribution in [-0.4, -0.2) is 49.4 Å². The van der Waals surface area contributed by atoms with Gasteiger partial charge in [0.25, 0.3) is 5.91 Å². The average Bonchev–Trinajstić information content (AvgIpc) is 2.57. The highest BCUT2D eigenvalue weighted by Crippen LogP contribution is 2.25. The summed E-state index contributed by atoms with van der Waals surface area (Å²) in [5.41, 5.74) is 0.275. The van der Waals surface area contributed by atoms with Crippen LogP contribution in [0.25, 0.3) is 0 Å². The first-order valence-electron chi connectivity index (χ1n) is 8.12. The maximum atomic E-state index is 12.5. The highest BCUT2D eigenvalue weighted by Gasteiger charge is 2.27. The van der Waals surface area contributed by atoms with Crippen LogP contribution in [-0.2, 0) is 4.79 Å². The van der Waals surface area contributed by atoms with E-state index in [-0.39, 0.29) is 28.9 Å². The molecule has 0 saturated carbocycles. The van der Waals surface area contributed by atoms with Crippen LogP contribution in [0.2, 0.25) is 10.0 Å². The van der Waals surface area contributed by atoms with Gasteiger partial charge in [-0.3, -0.25) is 9.59 Å². The summed E-state index contributed by atoms with van der Waals surface area (Å²) >= 11 is 12.0. The lowest BCUT2D eigenvalue weighted by Gasteiger charge is -2.33. The molecule has 8 heteroatoms. The summed E-state index contributed by atoms with van der Waals surface area (Å²) in [6.45, 7) is 4.12. The molecule has 1 atom stereocenters. The van der Waals surface area contributed by atoms with Crippen LogP contribution < -0.4 is 10.6 Å². The zero-order valence-electron chi connectivity index (χ0n) is 14.4. The highest BCUT2D eigenvalue weighted by atomic mass is 35.5. The number of carbonyl (C=O) groups excluding carboxylic acids is 2. The standard InChI is InChI=1S/C17H23Cl2N3O2.ClH/c1-11(17(24)22-8-6-12(7-9-22)10-20-2)21-16(23)13-4-3-5-14(18)15(13)19;/h3-5,11-12,20H,6-10H2,1-2H3,(H,21,23);1H. The van der Waals surface area contributed by atoms with Crippen molar-refractivity contribution in [2.24, 2.45) is 5.92 Å². The van der Waals surface area contributed by atoms with Crippen molar-refractivity contribution in [2.45, 2.75) is 25.8 Å². The third kappa shape index (κ3) is 5.74. The summed E-state index contributed by atoms with van der Waals surface area (Å²) in [5.74, 6) is 0.145. The van der Waals surface area contributed by atoms with E-state index < -0.39 is 11.9 Å². The Morgan fingerprint density at radius 1 is 1.28 bits per heavy atom. The molecule has 1 aromatic rings. The van der Waals surface area contributed by atoms with Gasteiger partial charge in [-0.2, -0.15) is 0 Å². The molecule has 5 nitrogen and oxygen atoms in total. The van der Waals surface area contributed by atoms with Gasteiger partial charge in [0.1, 0.15) is 6.04 Å². The second-order valence-corrected chi connectivity index (χ2v) is 6.91. The smallest absolute Gasteiger partial charge is 0.253 e. The predicted octanol–water partition coefficient (Wildman–Crippen LogP) is 2.99. The lowest BCUT2D eigenvalue weighted by Crippen LogP contribution is -2.49. The zero-order chi connectivity index (χ0) is 17.7. The molecule has 1 aliphatic rings. The van der Waals surface area contributed by atoms with Gasteiger partial charge in [0.05, 0.1) is 15.6 Å². The number of piperidine rings is 1. The van der Waals surface area contributed by atoms with Crippen molar-refractivity contribution in [1.29, 1.82) is 0 Å². The van der Waals surface area contributed by atoms with E-state index in [1.807, 2.05) is 11.9 Å². The molecular weight excluding hydrogens is 385 g/mol. The van der Waals surface area contributed by atoms with Crippen LogP contribution in [0.3, 0.4) is 0 Å². The SMILES string of the molecule is CNCC1CCN(C(=O)C(C)NC(=O)c2cccc(Cl)c2Cl)CC1.Cl. The van der Waals surface area contributed by atoms with E-state index in [1.165, 1.54) is 0 Å². The topological polar surface area (TPSA) is 61.4 Å². The number of rotatable bonds is 5. The Bertz CT molecular complexity index is 605. The van der Waals surface area contributed by atoms with Crippen LogP contribution in [0.1, 0.15) is 30.1 Å². The minimum atomic E-state index is -0.603. The molecule has 0 aromatic heterocycles. The molecule has 0 radical (unpaired) electrons. The predicted molar refractivity (Wildman–Crippen MR) is 104 cm³/mol. The molecule has 1 heterocycles. The summed E-state index contributed by atoms with van der Waals surface area (Å²) in [7, 11) is 1.94. The lowest BCUT2D eigenvalue weighted by molar-refractivity contribution is -0.134. The van der Waals surface area contributed by atoms with Crippen LogP contribution in [0.5, 0.6) is 0 Å². The van der Waals surface area contributed by atoms with E-state index >= 15 is 0 Å². The normalized spacial score (nSPS) is 16.1. The number of nitrogens with one attached hydrogen (secondary N) is 2. The fraction of sp³-hybridized carbons (Fsp3) is 0.529. The fourth-order valence-corrected chi connectivity index (χ4v) is 3.32. The van der Waals surface area contributed by atoms with E-state index in [1.54, 1.807) is 25.1 Å². The molecule has 2 N–H and O–H groups in total.